The van der Waals surface area contributed by atoms with Gasteiger partial charge in [-0.2, -0.15) is 10.1 Å². The maximum absolute atomic E-state index is 13.0. The third-order valence-corrected chi connectivity index (χ3v) is 6.66. The van der Waals surface area contributed by atoms with Crippen molar-refractivity contribution in [1.82, 2.24) is 20.1 Å². The minimum atomic E-state index is -1.34. The molecule has 1 aliphatic rings. The molecular weight excluding hydrogens is 495 g/mol. The Labute approximate surface area is 243 Å². The molecule has 9 nitrogen and oxygen atoms in total. The van der Waals surface area contributed by atoms with E-state index in [9.17, 15) is 19.5 Å². The van der Waals surface area contributed by atoms with Crippen molar-refractivity contribution < 1.29 is 49.0 Å². The fraction of sp³-hybridized carbons (Fsp3) is 0.393. The number of hydrogen-bond donors (Lipinski definition) is 1. The van der Waals surface area contributed by atoms with Crippen molar-refractivity contribution in [2.75, 3.05) is 19.8 Å². The first-order valence-electron chi connectivity index (χ1n) is 12.5. The van der Waals surface area contributed by atoms with Crippen LogP contribution in [-0.2, 0) is 20.9 Å². The maximum atomic E-state index is 13.0. The van der Waals surface area contributed by atoms with Crippen LogP contribution in [-0.4, -0.2) is 46.4 Å². The van der Waals surface area contributed by atoms with Crippen LogP contribution in [0.3, 0.4) is 0 Å². The van der Waals surface area contributed by atoms with Crippen LogP contribution in [0.4, 0.5) is 0 Å². The number of aromatic nitrogens is 3. The predicted molar refractivity (Wildman–Crippen MR) is 136 cm³/mol. The number of aliphatic carboxylic acids is 1. The fourth-order valence-electron chi connectivity index (χ4n) is 4.60. The van der Waals surface area contributed by atoms with Crippen molar-refractivity contribution in [1.29, 1.82) is 0 Å². The normalized spacial score (nSPS) is 16.9. The van der Waals surface area contributed by atoms with Gasteiger partial charge in [0, 0.05) is 17.7 Å². The van der Waals surface area contributed by atoms with E-state index in [-0.39, 0.29) is 41.9 Å². The van der Waals surface area contributed by atoms with Crippen LogP contribution in [0.25, 0.3) is 22.5 Å². The number of nitrogens with zero attached hydrogens (tertiary/aromatic N) is 3. The van der Waals surface area contributed by atoms with E-state index in [1.807, 2.05) is 61.5 Å². The molecule has 0 spiro atoms. The van der Waals surface area contributed by atoms with Gasteiger partial charge in [-0.15, -0.1) is 0 Å². The average Bonchev–Trinajstić information content (AvgIpc) is 2.90. The van der Waals surface area contributed by atoms with E-state index in [1.54, 1.807) is 0 Å². The average molecular weight is 527 g/mol. The Kier molecular flexibility index (Phi) is 11.2. The molecule has 1 heterocycles. The molecule has 1 N–H and O–H groups in total. The number of carboxylic acids is 1. The van der Waals surface area contributed by atoms with Crippen LogP contribution in [0.1, 0.15) is 31.2 Å². The molecule has 1 fully saturated rings. The Hall–Kier alpha value is -2.85. The molecule has 1 aromatic heterocycles. The van der Waals surface area contributed by atoms with E-state index in [4.69, 9.17) is 9.84 Å². The van der Waals surface area contributed by atoms with Gasteiger partial charge in [0.05, 0.1) is 19.1 Å². The summed E-state index contributed by atoms with van der Waals surface area (Å²) in [6, 6.07) is 17.7. The van der Waals surface area contributed by atoms with E-state index in [2.05, 4.69) is 10.3 Å². The molecule has 0 aliphatic heterocycles. The van der Waals surface area contributed by atoms with Crippen LogP contribution in [0.15, 0.2) is 59.4 Å². The molecule has 0 saturated heterocycles. The summed E-state index contributed by atoms with van der Waals surface area (Å²) in [6.45, 7) is 2.27. The molecule has 10 heteroatoms. The molecule has 1 saturated carbocycles. The third kappa shape index (κ3) is 8.33. The summed E-state index contributed by atoms with van der Waals surface area (Å²) in [6.07, 6.45) is 3.67. The Morgan fingerprint density at radius 2 is 1.61 bits per heavy atom. The monoisotopic (exact) mass is 526 g/mol. The van der Waals surface area contributed by atoms with Gasteiger partial charge >= 0.3 is 35.2 Å². The number of aryl methyl sites for hydroxylation is 1. The van der Waals surface area contributed by atoms with Crippen molar-refractivity contribution in [3.8, 4) is 22.5 Å². The van der Waals surface area contributed by atoms with Crippen molar-refractivity contribution in [3.63, 3.8) is 0 Å². The third-order valence-electron chi connectivity index (χ3n) is 6.66. The summed E-state index contributed by atoms with van der Waals surface area (Å²) < 4.78 is 6.96. The maximum Gasteiger partial charge on any atom is 1.00 e. The Morgan fingerprint density at radius 1 is 0.974 bits per heavy atom. The standard InChI is InChI=1S/C28H32N4O5.Na/c1-19-7-13-23(14-8-19)27-26(22-5-3-2-4-6-22)30-28(36)32(31-27)16-20-9-11-21(12-10-20)17-37-18-24(33)29-15-25(34)35;/h2-8,13-14,20-21H,9-12,15-18H2,1H3,(H,29,33)(H,34,35);/q;+1/p-1/t20-,21+;. The molecular formula is C28H31N4NaO5. The Balaban J connectivity index is 0.00000400. The zero-order valence-electron chi connectivity index (χ0n) is 21.9. The summed E-state index contributed by atoms with van der Waals surface area (Å²) in [7, 11) is 0. The number of carbonyl (C=O) groups is 2. The SMILES string of the molecule is Cc1ccc(-c2nn(C[C@H]3CC[C@@H](COCC(=O)NCC(=O)[O-])CC3)c(=O)nc2-c2ccccc2)cc1.[Na+]. The first-order chi connectivity index (χ1) is 17.9. The van der Waals surface area contributed by atoms with Crippen LogP contribution in [0.5, 0.6) is 0 Å². The van der Waals surface area contributed by atoms with Crippen LogP contribution < -0.4 is 45.7 Å². The second kappa shape index (κ2) is 14.3. The fourth-order valence-corrected chi connectivity index (χ4v) is 4.60. The zero-order chi connectivity index (χ0) is 26.2. The smallest absolute Gasteiger partial charge is 0.548 e. The molecule has 38 heavy (non-hydrogen) atoms. The largest absolute Gasteiger partial charge is 1.00 e. The second-order valence-corrected chi connectivity index (χ2v) is 9.56. The molecule has 0 bridgehead atoms. The molecule has 1 aliphatic carbocycles. The number of amides is 1. The molecule has 0 atom stereocenters. The minimum absolute atomic E-state index is 0. The number of hydrogen-bond acceptors (Lipinski definition) is 7. The summed E-state index contributed by atoms with van der Waals surface area (Å²) >= 11 is 0. The number of carbonyl (C=O) groups excluding carboxylic acids is 2. The zero-order valence-corrected chi connectivity index (χ0v) is 23.9. The van der Waals surface area contributed by atoms with E-state index < -0.39 is 18.4 Å². The van der Waals surface area contributed by atoms with Crippen molar-refractivity contribution in [3.05, 3.63) is 70.6 Å². The van der Waals surface area contributed by atoms with Gasteiger partial charge in [-0.05, 0) is 44.4 Å². The van der Waals surface area contributed by atoms with Gasteiger partial charge in [0.15, 0.2) is 0 Å². The van der Waals surface area contributed by atoms with Gasteiger partial charge in [-0.25, -0.2) is 9.48 Å². The number of benzene rings is 2. The predicted octanol–water partition coefficient (Wildman–Crippen LogP) is -1.03. The second-order valence-electron chi connectivity index (χ2n) is 9.56. The van der Waals surface area contributed by atoms with Gasteiger partial charge < -0.3 is 20.0 Å². The van der Waals surface area contributed by atoms with E-state index in [1.165, 1.54) is 4.68 Å². The van der Waals surface area contributed by atoms with Gasteiger partial charge in [-0.3, -0.25) is 4.79 Å². The van der Waals surface area contributed by atoms with Gasteiger partial charge in [0.2, 0.25) is 5.91 Å². The molecule has 194 valence electrons. The molecule has 1 amide bonds. The first-order valence-corrected chi connectivity index (χ1v) is 12.5. The van der Waals surface area contributed by atoms with Gasteiger partial charge in [0.25, 0.3) is 0 Å². The Morgan fingerprint density at radius 3 is 2.26 bits per heavy atom. The topological polar surface area (TPSA) is 126 Å². The van der Waals surface area contributed by atoms with Crippen LogP contribution >= 0.6 is 0 Å². The number of carboxylic acid groups (broad SMARTS) is 1. The summed E-state index contributed by atoms with van der Waals surface area (Å²) in [4.78, 5) is 39.4. The van der Waals surface area contributed by atoms with Crippen molar-refractivity contribution in [2.45, 2.75) is 39.2 Å². The van der Waals surface area contributed by atoms with E-state index in [0.29, 0.717) is 36.4 Å². The molecule has 0 radical (unpaired) electrons. The number of ether oxygens (including phenoxy) is 1. The Bertz CT molecular complexity index is 1270. The first kappa shape index (κ1) is 29.7. The number of nitrogens with one attached hydrogen (secondary N) is 1. The molecule has 2 aromatic carbocycles. The van der Waals surface area contributed by atoms with E-state index >= 15 is 0 Å². The molecule has 0 unspecified atom stereocenters. The number of rotatable bonds is 10. The summed E-state index contributed by atoms with van der Waals surface area (Å²) in [5.41, 5.74) is 3.81. The minimum Gasteiger partial charge on any atom is -0.548 e. The summed E-state index contributed by atoms with van der Waals surface area (Å²) in [5.74, 6) is -1.20. The van der Waals surface area contributed by atoms with Gasteiger partial charge in [-0.1, -0.05) is 60.2 Å². The van der Waals surface area contributed by atoms with Crippen LogP contribution in [0, 0.1) is 18.8 Å². The molecule has 4 rings (SSSR count). The van der Waals surface area contributed by atoms with Crippen molar-refractivity contribution >= 4 is 11.9 Å². The van der Waals surface area contributed by atoms with Gasteiger partial charge in [0.1, 0.15) is 18.0 Å². The summed E-state index contributed by atoms with van der Waals surface area (Å²) in [5, 5.41) is 17.4. The van der Waals surface area contributed by atoms with Crippen LogP contribution in [0.2, 0.25) is 0 Å². The van der Waals surface area contributed by atoms with Crippen molar-refractivity contribution in [2.24, 2.45) is 11.8 Å². The van der Waals surface area contributed by atoms with E-state index in [0.717, 1.165) is 42.4 Å². The molecule has 3 aromatic rings. The quantitative estimate of drug-likeness (QED) is 0.335.